The number of nitrogens with one attached hydrogen (secondary N) is 1. The van der Waals surface area contributed by atoms with Gasteiger partial charge in [-0.15, -0.1) is 0 Å². The van der Waals surface area contributed by atoms with Gasteiger partial charge in [0.25, 0.3) is 0 Å². The second-order valence-corrected chi connectivity index (χ2v) is 5.22. The Labute approximate surface area is 94.1 Å². The smallest absolute Gasteiger partial charge is 0.356 e. The lowest BCUT2D eigenvalue weighted by atomic mass is 9.72. The molecule has 1 fully saturated rings. The van der Waals surface area contributed by atoms with Crippen LogP contribution < -0.4 is 0 Å². The second-order valence-electron chi connectivity index (χ2n) is 5.22. The molecule has 4 heteroatoms. The minimum absolute atomic E-state index is 0.239. The van der Waals surface area contributed by atoms with E-state index in [0.717, 1.165) is 30.5 Å². The van der Waals surface area contributed by atoms with E-state index < -0.39 is 5.97 Å². The predicted octanol–water partition coefficient (Wildman–Crippen LogP) is 2.16. The van der Waals surface area contributed by atoms with Gasteiger partial charge in [0.2, 0.25) is 0 Å². The van der Waals surface area contributed by atoms with Crippen LogP contribution in [0.1, 0.15) is 53.8 Å². The molecule has 4 nitrogen and oxygen atoms in total. The van der Waals surface area contributed by atoms with Crippen LogP contribution in [0.25, 0.3) is 0 Å². The number of carboxylic acid groups (broad SMARTS) is 1. The number of aromatic nitrogens is 2. The average molecular weight is 220 g/mol. The molecule has 1 saturated carbocycles. The molecule has 1 heterocycles. The molecule has 3 rings (SSSR count). The van der Waals surface area contributed by atoms with Gasteiger partial charge in [-0.3, -0.25) is 5.10 Å². The number of hydrogen-bond acceptors (Lipinski definition) is 2. The minimum Gasteiger partial charge on any atom is -0.476 e. The Morgan fingerprint density at radius 3 is 2.75 bits per heavy atom. The molecule has 2 N–H and O–H groups in total. The Hall–Kier alpha value is -1.32. The van der Waals surface area contributed by atoms with Crippen molar-refractivity contribution in [1.29, 1.82) is 0 Å². The van der Waals surface area contributed by atoms with Crippen molar-refractivity contribution in [2.24, 2.45) is 5.41 Å². The van der Waals surface area contributed by atoms with Gasteiger partial charge >= 0.3 is 5.97 Å². The molecule has 2 aliphatic rings. The molecule has 2 aliphatic carbocycles. The van der Waals surface area contributed by atoms with Gasteiger partial charge in [0, 0.05) is 11.3 Å². The highest BCUT2D eigenvalue weighted by Crippen LogP contribution is 2.47. The maximum Gasteiger partial charge on any atom is 0.356 e. The van der Waals surface area contributed by atoms with E-state index in [2.05, 4.69) is 10.2 Å². The number of nitrogens with zero attached hydrogens (tertiary/aromatic N) is 1. The van der Waals surface area contributed by atoms with Crippen molar-refractivity contribution < 1.29 is 9.90 Å². The zero-order valence-corrected chi connectivity index (χ0v) is 9.25. The summed E-state index contributed by atoms with van der Waals surface area (Å²) in [6.45, 7) is 0. The molecular formula is C12H16N2O2. The van der Waals surface area contributed by atoms with Crippen molar-refractivity contribution >= 4 is 5.97 Å². The molecule has 0 bridgehead atoms. The number of aromatic carboxylic acids is 1. The molecular weight excluding hydrogens is 204 g/mol. The summed E-state index contributed by atoms with van der Waals surface area (Å²) in [5.41, 5.74) is 2.72. The van der Waals surface area contributed by atoms with E-state index in [9.17, 15) is 4.79 Å². The highest BCUT2D eigenvalue weighted by Gasteiger charge is 2.39. The third-order valence-corrected chi connectivity index (χ3v) is 4.28. The van der Waals surface area contributed by atoms with Crippen molar-refractivity contribution in [1.82, 2.24) is 10.2 Å². The molecule has 0 radical (unpaired) electrons. The Morgan fingerprint density at radius 1 is 1.31 bits per heavy atom. The third kappa shape index (κ3) is 1.36. The third-order valence-electron chi connectivity index (χ3n) is 4.28. The summed E-state index contributed by atoms with van der Waals surface area (Å²) in [6, 6.07) is 0. The number of hydrogen-bond donors (Lipinski definition) is 2. The molecule has 0 unspecified atom stereocenters. The van der Waals surface area contributed by atoms with Crippen LogP contribution in [0.4, 0.5) is 0 Å². The SMILES string of the molecule is O=C(O)c1n[nH]c2c1CCC1(CCCC1)C2. The summed E-state index contributed by atoms with van der Waals surface area (Å²) in [7, 11) is 0. The van der Waals surface area contributed by atoms with E-state index in [-0.39, 0.29) is 5.69 Å². The second kappa shape index (κ2) is 3.34. The number of fused-ring (bicyclic) bond motifs is 1. The zero-order chi connectivity index (χ0) is 11.2. The number of carboxylic acids is 1. The number of H-pyrrole nitrogens is 1. The van der Waals surface area contributed by atoms with Crippen LogP contribution in [0.2, 0.25) is 0 Å². The normalized spacial score (nSPS) is 22.2. The summed E-state index contributed by atoms with van der Waals surface area (Å²) >= 11 is 0. The van der Waals surface area contributed by atoms with Crippen molar-refractivity contribution in [3.05, 3.63) is 17.0 Å². The van der Waals surface area contributed by atoms with Crippen LogP contribution in [0.5, 0.6) is 0 Å². The molecule has 1 spiro atoms. The van der Waals surface area contributed by atoms with E-state index in [4.69, 9.17) is 5.11 Å². The Kier molecular flexibility index (Phi) is 2.06. The van der Waals surface area contributed by atoms with Gasteiger partial charge in [0.15, 0.2) is 5.69 Å². The first-order valence-electron chi connectivity index (χ1n) is 6.00. The first-order valence-corrected chi connectivity index (χ1v) is 6.00. The number of rotatable bonds is 1. The Morgan fingerprint density at radius 2 is 2.06 bits per heavy atom. The van der Waals surface area contributed by atoms with Gasteiger partial charge in [-0.25, -0.2) is 4.79 Å². The summed E-state index contributed by atoms with van der Waals surface area (Å²) in [6.07, 6.45) is 8.28. The predicted molar refractivity (Wildman–Crippen MR) is 58.5 cm³/mol. The first kappa shape index (κ1) is 9.87. The van der Waals surface area contributed by atoms with E-state index in [1.165, 1.54) is 25.7 Å². The molecule has 1 aromatic heterocycles. The average Bonchev–Trinajstić information content (AvgIpc) is 2.85. The fourth-order valence-corrected chi connectivity index (χ4v) is 3.40. The summed E-state index contributed by atoms with van der Waals surface area (Å²) in [5.74, 6) is -0.903. The van der Waals surface area contributed by atoms with Crippen molar-refractivity contribution in [2.75, 3.05) is 0 Å². The Balaban J connectivity index is 1.93. The largest absolute Gasteiger partial charge is 0.476 e. The van der Waals surface area contributed by atoms with Crippen LogP contribution in [0, 0.1) is 5.41 Å². The Bertz CT molecular complexity index is 430. The van der Waals surface area contributed by atoms with Crippen LogP contribution in [-0.2, 0) is 12.8 Å². The minimum atomic E-state index is -0.903. The van der Waals surface area contributed by atoms with Gasteiger partial charge in [-0.05, 0) is 37.5 Å². The number of aromatic amines is 1. The van der Waals surface area contributed by atoms with Gasteiger partial charge < -0.3 is 5.11 Å². The van der Waals surface area contributed by atoms with Crippen LogP contribution in [0.3, 0.4) is 0 Å². The molecule has 16 heavy (non-hydrogen) atoms. The summed E-state index contributed by atoms with van der Waals surface area (Å²) in [4.78, 5) is 11.0. The van der Waals surface area contributed by atoms with Crippen LogP contribution in [-0.4, -0.2) is 21.3 Å². The standard InChI is InChI=1S/C12H16N2O2/c15-11(16)10-8-3-6-12(4-1-2-5-12)7-9(8)13-14-10/h1-7H2,(H,13,14)(H,15,16). The highest BCUT2D eigenvalue weighted by atomic mass is 16.4. The molecule has 1 aromatic rings. The lowest BCUT2D eigenvalue weighted by Gasteiger charge is -2.32. The van der Waals surface area contributed by atoms with Gasteiger partial charge in [-0.1, -0.05) is 12.8 Å². The summed E-state index contributed by atoms with van der Waals surface area (Å²) in [5, 5.41) is 15.9. The molecule has 0 saturated heterocycles. The highest BCUT2D eigenvalue weighted by molar-refractivity contribution is 5.87. The maximum atomic E-state index is 11.0. The molecule has 0 amide bonds. The number of carbonyl (C=O) groups is 1. The fourth-order valence-electron chi connectivity index (χ4n) is 3.40. The van der Waals surface area contributed by atoms with Gasteiger partial charge in [0.1, 0.15) is 0 Å². The maximum absolute atomic E-state index is 11.0. The topological polar surface area (TPSA) is 66.0 Å². The lowest BCUT2D eigenvalue weighted by Crippen LogP contribution is -2.26. The zero-order valence-electron chi connectivity index (χ0n) is 9.25. The lowest BCUT2D eigenvalue weighted by molar-refractivity contribution is 0.0688. The van der Waals surface area contributed by atoms with E-state index in [1.54, 1.807) is 0 Å². The molecule has 0 aliphatic heterocycles. The fraction of sp³-hybridized carbons (Fsp3) is 0.667. The van der Waals surface area contributed by atoms with Crippen molar-refractivity contribution in [2.45, 2.75) is 44.9 Å². The van der Waals surface area contributed by atoms with E-state index >= 15 is 0 Å². The molecule has 0 aromatic carbocycles. The van der Waals surface area contributed by atoms with Crippen LogP contribution >= 0.6 is 0 Å². The monoisotopic (exact) mass is 220 g/mol. The van der Waals surface area contributed by atoms with Gasteiger partial charge in [0.05, 0.1) is 0 Å². The van der Waals surface area contributed by atoms with Crippen LogP contribution in [0.15, 0.2) is 0 Å². The molecule has 0 atom stereocenters. The van der Waals surface area contributed by atoms with Gasteiger partial charge in [-0.2, -0.15) is 5.10 Å². The van der Waals surface area contributed by atoms with E-state index in [0.29, 0.717) is 5.41 Å². The quantitative estimate of drug-likeness (QED) is 0.762. The van der Waals surface area contributed by atoms with Crippen molar-refractivity contribution in [3.63, 3.8) is 0 Å². The first-order chi connectivity index (χ1) is 7.70. The summed E-state index contributed by atoms with van der Waals surface area (Å²) < 4.78 is 0. The van der Waals surface area contributed by atoms with Crippen molar-refractivity contribution in [3.8, 4) is 0 Å². The van der Waals surface area contributed by atoms with E-state index in [1.807, 2.05) is 0 Å². The molecule has 86 valence electrons.